The van der Waals surface area contributed by atoms with Gasteiger partial charge >= 0.3 is 23.9 Å². The third kappa shape index (κ3) is 13.5. The van der Waals surface area contributed by atoms with Crippen molar-refractivity contribution in [1.82, 2.24) is 11.0 Å². The van der Waals surface area contributed by atoms with Crippen molar-refractivity contribution < 1.29 is 88.0 Å². The summed E-state index contributed by atoms with van der Waals surface area (Å²) in [5, 5.41) is 64.1. The van der Waals surface area contributed by atoms with Crippen LogP contribution in [0.3, 0.4) is 0 Å². The summed E-state index contributed by atoms with van der Waals surface area (Å²) in [6, 6.07) is 37.4. The van der Waals surface area contributed by atoms with Gasteiger partial charge in [-0.1, -0.05) is 191 Å². The van der Waals surface area contributed by atoms with E-state index >= 15 is 0 Å². The lowest BCUT2D eigenvalue weighted by atomic mass is 9.40. The number of rotatable bonds is 13. The standard InChI is InChI=1S/C40H51NO8.C40H50O8.2CH5NO/c1-22-27(48-36(45)33(49-30(43)20-41)31(25-14-10-8-11-15-25)26-16-12-9-13-17-26)19-40(46)24(3)34-38(6)21-47-29(38)18-28(42)39(34,7)35(44)23(2)32(22)37(40,4)5;1-22-28(48-36(44)33(42)31(26-15-11-9-12-16-26)27-17-13-10-14-18-27)20-40(45)24(3)34-38(7)21-46-29(38)19-30(47-25(4)41)39(34,8)35(43)23(2)32(22)37(40,5)6;2*1-2-3/h8-17,23-24,27-29,31,33-34,42,46H,18-21,41H2,1-7H3;9-18,23-24,28-31,33-34,42,45H,19-21H2,1-8H3;2*2-3H,1H3/t23-,24+,27+,28+,29-,33-,34-,38-,39-,40-;23-,24+,28+,29-,30+,33-,34-,38-,39-,40-;;/m11../s1. The highest BCUT2D eigenvalue weighted by molar-refractivity contribution is 5.92. The Hall–Kier alpha value is -6.86. The monoisotopic (exact) mass is 1430 g/mol. The van der Waals surface area contributed by atoms with E-state index in [2.05, 4.69) is 13.8 Å². The molecule has 2 aliphatic heterocycles. The Balaban J connectivity index is 0.000000222. The first-order chi connectivity index (χ1) is 48.4. The van der Waals surface area contributed by atoms with Crippen LogP contribution >= 0.6 is 0 Å². The molecule has 0 radical (unpaired) electrons. The Kier molecular flexibility index (Phi) is 23.8. The maximum absolute atomic E-state index is 15.0. The van der Waals surface area contributed by atoms with Crippen LogP contribution in [0.25, 0.3) is 0 Å². The second-order valence-corrected chi connectivity index (χ2v) is 32.1. The Morgan fingerprint density at radius 3 is 1.27 bits per heavy atom. The van der Waals surface area contributed by atoms with Gasteiger partial charge in [-0.05, 0) is 95.9 Å². The van der Waals surface area contributed by atoms with Crippen LogP contribution < -0.4 is 16.7 Å². The molecule has 6 fully saturated rings. The second kappa shape index (κ2) is 30.5. The number of hydroxylamine groups is 2. The van der Waals surface area contributed by atoms with Gasteiger partial charge in [0.2, 0.25) is 6.10 Å². The molecule has 4 saturated carbocycles. The average molecular weight is 1430 g/mol. The van der Waals surface area contributed by atoms with E-state index < -0.39 is 158 Å². The van der Waals surface area contributed by atoms with Crippen LogP contribution in [-0.4, -0.2) is 160 Å². The van der Waals surface area contributed by atoms with Gasteiger partial charge in [0.05, 0.1) is 66.0 Å². The summed E-state index contributed by atoms with van der Waals surface area (Å²) in [6.07, 6.45) is -5.85. The van der Waals surface area contributed by atoms with Crippen LogP contribution in [0.2, 0.25) is 0 Å². The van der Waals surface area contributed by atoms with Crippen molar-refractivity contribution in [3.05, 3.63) is 166 Å². The fraction of sp³-hybridized carbons (Fsp3) is 0.585. The summed E-state index contributed by atoms with van der Waals surface area (Å²) < 4.78 is 36.3. The molecule has 10 N–H and O–H groups in total. The molecule has 562 valence electrons. The first-order valence-electron chi connectivity index (χ1n) is 36.2. The minimum absolute atomic E-state index is 0.0538. The number of carbonyl (C=O) groups is 6. The number of aliphatic hydroxyl groups excluding tert-OH is 2. The molecule has 2 saturated heterocycles. The predicted octanol–water partition coefficient (Wildman–Crippen LogP) is 9.70. The summed E-state index contributed by atoms with van der Waals surface area (Å²) in [5.74, 6) is -7.41. The lowest BCUT2D eigenvalue weighted by Crippen LogP contribution is -2.74. The van der Waals surface area contributed by atoms with Gasteiger partial charge in [-0.2, -0.15) is 0 Å². The molecule has 0 amide bonds. The number of nitrogens with two attached hydrogens (primary N) is 1. The van der Waals surface area contributed by atoms with E-state index in [0.29, 0.717) is 42.8 Å². The van der Waals surface area contributed by atoms with Crippen LogP contribution in [0.15, 0.2) is 144 Å². The molecule has 8 aliphatic rings. The van der Waals surface area contributed by atoms with Gasteiger partial charge < -0.3 is 65.0 Å². The second-order valence-electron chi connectivity index (χ2n) is 32.1. The van der Waals surface area contributed by atoms with E-state index in [1.807, 2.05) is 204 Å². The zero-order valence-electron chi connectivity index (χ0n) is 62.9. The highest BCUT2D eigenvalue weighted by Gasteiger charge is 2.75. The smallest absolute Gasteiger partial charge is 0.349 e. The molecular weight excluding hydrogens is 1310 g/mol. The minimum atomic E-state index is -1.52. The molecule has 20 atom stereocenters. The maximum Gasteiger partial charge on any atom is 0.349 e. The van der Waals surface area contributed by atoms with E-state index in [4.69, 9.17) is 44.6 Å². The van der Waals surface area contributed by atoms with E-state index in [0.717, 1.165) is 27.8 Å². The molecule has 12 rings (SSSR count). The highest BCUT2D eigenvalue weighted by Crippen LogP contribution is 2.70. The molecule has 0 spiro atoms. The Morgan fingerprint density at radius 1 is 0.563 bits per heavy atom. The maximum atomic E-state index is 15.0. The van der Waals surface area contributed by atoms with Gasteiger partial charge in [0.25, 0.3) is 0 Å². The molecule has 0 unspecified atom stereocenters. The summed E-state index contributed by atoms with van der Waals surface area (Å²) in [6.45, 7) is 29.1. The minimum Gasteiger partial charge on any atom is -0.461 e. The molecular formula is C82H111N3O18. The van der Waals surface area contributed by atoms with E-state index in [1.165, 1.54) is 21.0 Å². The summed E-state index contributed by atoms with van der Waals surface area (Å²) >= 11 is 0. The van der Waals surface area contributed by atoms with Crippen molar-refractivity contribution in [2.75, 3.05) is 33.9 Å². The SMILES string of the molecule is CC(=O)O[C@H]1C[C@H]2OC[C@@]2(C)[C@H]2[C@H](C)[C@]3(O)C[C@H](OC(=O)[C@H](O)C(c4ccccc4)c4ccccc4)C(C)=C([C@@H](C)C(=O)[C@]12C)C3(C)C.CC1=C2[C@@H](C)C(=O)[C@@]3(C)[C@H]([C@H](C)[C@](O)(C[C@@H]1OC(=O)[C@H](OC(=O)CN)C(c1ccccc1)c1ccccc1)C2(C)C)[C@]1(C)CO[C@@H]1C[C@@H]3O.CNO.CNO. The number of carbonyl (C=O) groups excluding carboxylic acids is 6. The van der Waals surface area contributed by atoms with Crippen molar-refractivity contribution in [1.29, 1.82) is 0 Å². The number of ketones is 2. The van der Waals surface area contributed by atoms with E-state index in [9.17, 15) is 49.2 Å². The number of aliphatic hydroxyl groups is 4. The number of fused-ring (bicyclic) bond motifs is 10. The summed E-state index contributed by atoms with van der Waals surface area (Å²) in [7, 11) is 2.86. The van der Waals surface area contributed by atoms with Gasteiger partial charge in [0.1, 0.15) is 29.9 Å². The lowest BCUT2D eigenvalue weighted by Gasteiger charge is -2.69. The molecule has 21 heteroatoms. The van der Waals surface area contributed by atoms with Crippen LogP contribution in [0.4, 0.5) is 0 Å². The number of nitrogens with one attached hydrogen (secondary N) is 2. The third-order valence-corrected chi connectivity index (χ3v) is 26.1. The lowest BCUT2D eigenvalue weighted by molar-refractivity contribution is -0.302. The quantitative estimate of drug-likeness (QED) is 0.0260. The van der Waals surface area contributed by atoms with E-state index in [1.54, 1.807) is 11.0 Å². The van der Waals surface area contributed by atoms with Crippen molar-refractivity contribution in [3.63, 3.8) is 0 Å². The van der Waals surface area contributed by atoms with Crippen LogP contribution in [0.1, 0.15) is 164 Å². The number of ether oxygens (including phenoxy) is 6. The average Bonchev–Trinajstić information content (AvgIpc) is 0.680. The Morgan fingerprint density at radius 2 is 0.913 bits per heavy atom. The van der Waals surface area contributed by atoms with Crippen LogP contribution in [0, 0.1) is 68.0 Å². The fourth-order valence-corrected chi connectivity index (χ4v) is 21.2. The first kappa shape index (κ1) is 80.2. The van der Waals surface area contributed by atoms with Crippen molar-refractivity contribution >= 4 is 35.4 Å². The number of Topliss-reactive ketones (excluding diaryl/α,β-unsaturated/α-hetero) is 2. The molecule has 4 bridgehead atoms. The Labute approximate surface area is 606 Å². The van der Waals surface area contributed by atoms with E-state index in [-0.39, 0.29) is 36.6 Å². The number of esters is 4. The molecule has 4 aromatic carbocycles. The van der Waals surface area contributed by atoms with Gasteiger partial charge in [-0.3, -0.25) is 19.2 Å². The van der Waals surface area contributed by atoms with Crippen LogP contribution in [0.5, 0.6) is 0 Å². The van der Waals surface area contributed by atoms with Gasteiger partial charge in [-0.15, -0.1) is 0 Å². The summed E-state index contributed by atoms with van der Waals surface area (Å²) in [5.41, 5.74) is 7.31. The third-order valence-electron chi connectivity index (χ3n) is 26.1. The fourth-order valence-electron chi connectivity index (χ4n) is 21.2. The molecule has 2 heterocycles. The predicted molar refractivity (Wildman–Crippen MR) is 384 cm³/mol. The highest BCUT2D eigenvalue weighted by atomic mass is 16.6. The van der Waals surface area contributed by atoms with Crippen molar-refractivity contribution in [2.24, 2.45) is 73.7 Å². The number of hydrogen-bond donors (Lipinski definition) is 9. The summed E-state index contributed by atoms with van der Waals surface area (Å²) in [4.78, 5) is 83.4. The number of benzene rings is 4. The van der Waals surface area contributed by atoms with Crippen molar-refractivity contribution in [2.45, 2.75) is 201 Å². The molecule has 21 nitrogen and oxygen atoms in total. The molecule has 4 aromatic rings. The first-order valence-corrected chi connectivity index (χ1v) is 36.2. The van der Waals surface area contributed by atoms with Crippen LogP contribution in [-0.2, 0) is 57.2 Å². The largest absolute Gasteiger partial charge is 0.461 e. The van der Waals surface area contributed by atoms with Gasteiger partial charge in [0.15, 0.2) is 6.10 Å². The zero-order valence-corrected chi connectivity index (χ0v) is 62.9. The zero-order chi connectivity index (χ0) is 76.1. The normalized spacial score (nSPS) is 35.6. The molecule has 0 aromatic heterocycles. The Bertz CT molecular complexity index is 3710. The van der Waals surface area contributed by atoms with Crippen molar-refractivity contribution in [3.8, 4) is 0 Å². The van der Waals surface area contributed by atoms with Gasteiger partial charge in [-0.25, -0.2) is 20.5 Å². The topological polar surface area (TPSA) is 329 Å². The van der Waals surface area contributed by atoms with Gasteiger partial charge in [0, 0.05) is 86.1 Å². The number of hydrogen-bond acceptors (Lipinski definition) is 21. The molecule has 6 aliphatic carbocycles. The molecule has 103 heavy (non-hydrogen) atoms.